The van der Waals surface area contributed by atoms with Crippen molar-refractivity contribution in [3.05, 3.63) is 40.3 Å². The Bertz CT molecular complexity index is 890. The van der Waals surface area contributed by atoms with Gasteiger partial charge in [0.25, 0.3) is 5.91 Å². The number of nitrogens with one attached hydrogen (secondary N) is 1. The lowest BCUT2D eigenvalue weighted by Gasteiger charge is -2.28. The third-order valence-corrected chi connectivity index (χ3v) is 5.20. The zero-order valence-electron chi connectivity index (χ0n) is 14.4. The van der Waals surface area contributed by atoms with Gasteiger partial charge in [-0.2, -0.15) is 0 Å². The molecule has 0 aliphatic carbocycles. The second-order valence-electron chi connectivity index (χ2n) is 5.78. The maximum Gasteiger partial charge on any atom is 0.339 e. The highest BCUT2D eigenvalue weighted by Crippen LogP contribution is 2.34. The van der Waals surface area contributed by atoms with Crippen LogP contribution in [-0.2, 0) is 16.0 Å². The zero-order valence-corrected chi connectivity index (χ0v) is 15.2. The minimum atomic E-state index is -1.07. The molecule has 3 rings (SSSR count). The molecule has 2 amide bonds. The quantitative estimate of drug-likeness (QED) is 0.839. The standard InChI is InChI=1S/C18H18N2O5S/c1-3-11-10(2)26-17(16(11)18(23)24)19-14(21)8-20-12-6-4-5-7-13(12)25-9-15(20)22/h4-7H,3,8-9H2,1-2H3,(H,19,21)(H,23,24). The van der Waals surface area contributed by atoms with Gasteiger partial charge in [-0.15, -0.1) is 11.3 Å². The zero-order chi connectivity index (χ0) is 18.8. The third kappa shape index (κ3) is 3.28. The molecular formula is C18H18N2O5S. The molecule has 0 saturated carbocycles. The van der Waals surface area contributed by atoms with E-state index in [1.807, 2.05) is 13.8 Å². The van der Waals surface area contributed by atoms with Crippen LogP contribution in [0.5, 0.6) is 5.75 Å². The van der Waals surface area contributed by atoms with Crippen LogP contribution in [0.2, 0.25) is 0 Å². The Balaban J connectivity index is 1.82. The number of thiophene rings is 1. The first-order chi connectivity index (χ1) is 12.4. The minimum absolute atomic E-state index is 0.122. The van der Waals surface area contributed by atoms with Gasteiger partial charge in [0, 0.05) is 4.88 Å². The van der Waals surface area contributed by atoms with Crippen molar-refractivity contribution in [2.75, 3.05) is 23.4 Å². The fourth-order valence-electron chi connectivity index (χ4n) is 2.96. The van der Waals surface area contributed by atoms with Crippen LogP contribution >= 0.6 is 11.3 Å². The van der Waals surface area contributed by atoms with Crippen LogP contribution in [0.4, 0.5) is 10.7 Å². The van der Waals surface area contributed by atoms with Crippen molar-refractivity contribution in [2.24, 2.45) is 0 Å². The average molecular weight is 374 g/mol. The molecule has 2 heterocycles. The van der Waals surface area contributed by atoms with E-state index in [-0.39, 0.29) is 24.6 Å². The van der Waals surface area contributed by atoms with Crippen LogP contribution in [0.15, 0.2) is 24.3 Å². The van der Waals surface area contributed by atoms with Gasteiger partial charge in [-0.05, 0) is 31.0 Å². The molecule has 1 aliphatic rings. The van der Waals surface area contributed by atoms with E-state index in [1.54, 1.807) is 24.3 Å². The highest BCUT2D eigenvalue weighted by molar-refractivity contribution is 7.16. The van der Waals surface area contributed by atoms with Crippen LogP contribution in [0.25, 0.3) is 0 Å². The lowest BCUT2D eigenvalue weighted by Crippen LogP contribution is -2.43. The van der Waals surface area contributed by atoms with Crippen molar-refractivity contribution in [3.8, 4) is 5.75 Å². The highest BCUT2D eigenvalue weighted by atomic mass is 32.1. The van der Waals surface area contributed by atoms with Gasteiger partial charge in [0.1, 0.15) is 17.3 Å². The van der Waals surface area contributed by atoms with Gasteiger partial charge in [0.05, 0.1) is 11.3 Å². The molecule has 2 N–H and O–H groups in total. The summed E-state index contributed by atoms with van der Waals surface area (Å²) in [6.45, 7) is 3.35. The molecule has 8 heteroatoms. The first-order valence-corrected chi connectivity index (χ1v) is 8.91. The van der Waals surface area contributed by atoms with E-state index >= 15 is 0 Å². The summed E-state index contributed by atoms with van der Waals surface area (Å²) in [7, 11) is 0. The third-order valence-electron chi connectivity index (χ3n) is 4.14. The van der Waals surface area contributed by atoms with Crippen molar-refractivity contribution < 1.29 is 24.2 Å². The number of carbonyl (C=O) groups excluding carboxylic acids is 2. The van der Waals surface area contributed by atoms with Crippen molar-refractivity contribution in [1.82, 2.24) is 0 Å². The maximum absolute atomic E-state index is 12.5. The summed E-state index contributed by atoms with van der Waals surface area (Å²) >= 11 is 1.23. The summed E-state index contributed by atoms with van der Waals surface area (Å²) in [4.78, 5) is 38.4. The number of fused-ring (bicyclic) bond motifs is 1. The lowest BCUT2D eigenvalue weighted by molar-refractivity contribution is -0.123. The van der Waals surface area contributed by atoms with E-state index in [0.29, 0.717) is 28.4 Å². The van der Waals surface area contributed by atoms with Gasteiger partial charge < -0.3 is 15.2 Å². The molecule has 1 aliphatic heterocycles. The number of amides is 2. The van der Waals surface area contributed by atoms with Crippen LogP contribution in [0.1, 0.15) is 27.7 Å². The van der Waals surface area contributed by atoms with Crippen molar-refractivity contribution in [2.45, 2.75) is 20.3 Å². The average Bonchev–Trinajstić information content (AvgIpc) is 2.92. The first kappa shape index (κ1) is 17.9. The lowest BCUT2D eigenvalue weighted by atomic mass is 10.1. The molecule has 0 unspecified atom stereocenters. The summed E-state index contributed by atoms with van der Waals surface area (Å²) in [6, 6.07) is 6.97. The molecule has 0 atom stereocenters. The molecule has 1 aromatic carbocycles. The summed E-state index contributed by atoms with van der Waals surface area (Å²) in [5.74, 6) is -1.32. The number of hydrogen-bond donors (Lipinski definition) is 2. The second kappa shape index (κ2) is 7.17. The Morgan fingerprint density at radius 1 is 1.35 bits per heavy atom. The smallest absolute Gasteiger partial charge is 0.339 e. The topological polar surface area (TPSA) is 95.9 Å². The number of aryl methyl sites for hydroxylation is 1. The molecule has 1 aromatic heterocycles. The SMILES string of the molecule is CCc1c(C)sc(NC(=O)CN2C(=O)COc3ccccc32)c1C(=O)O. The highest BCUT2D eigenvalue weighted by Gasteiger charge is 2.28. The molecule has 0 radical (unpaired) electrons. The van der Waals surface area contributed by atoms with E-state index < -0.39 is 11.9 Å². The van der Waals surface area contributed by atoms with Gasteiger partial charge >= 0.3 is 5.97 Å². The van der Waals surface area contributed by atoms with Crippen LogP contribution < -0.4 is 15.0 Å². The van der Waals surface area contributed by atoms with Gasteiger partial charge in [0.2, 0.25) is 5.91 Å². The number of para-hydroxylation sites is 2. The van der Waals surface area contributed by atoms with Gasteiger partial charge in [0.15, 0.2) is 6.61 Å². The Morgan fingerprint density at radius 2 is 2.08 bits per heavy atom. The van der Waals surface area contributed by atoms with Crippen molar-refractivity contribution in [3.63, 3.8) is 0 Å². The fourth-order valence-corrected chi connectivity index (χ4v) is 4.11. The summed E-state index contributed by atoms with van der Waals surface area (Å²) in [6.07, 6.45) is 0.565. The Kier molecular flexibility index (Phi) is 4.94. The number of nitrogens with zero attached hydrogens (tertiary/aromatic N) is 1. The van der Waals surface area contributed by atoms with Crippen LogP contribution in [0, 0.1) is 6.92 Å². The monoisotopic (exact) mass is 374 g/mol. The first-order valence-electron chi connectivity index (χ1n) is 8.10. The minimum Gasteiger partial charge on any atom is -0.482 e. The van der Waals surface area contributed by atoms with E-state index in [4.69, 9.17) is 4.74 Å². The van der Waals surface area contributed by atoms with Gasteiger partial charge in [-0.1, -0.05) is 19.1 Å². The summed E-state index contributed by atoms with van der Waals surface area (Å²) in [5.41, 5.74) is 1.36. The molecule has 0 bridgehead atoms. The number of rotatable bonds is 5. The van der Waals surface area contributed by atoms with Gasteiger partial charge in [-0.25, -0.2) is 4.79 Å². The number of anilines is 2. The predicted octanol–water partition coefficient (Wildman–Crippen LogP) is 2.68. The molecule has 0 spiro atoms. The fraction of sp³-hybridized carbons (Fsp3) is 0.278. The number of ether oxygens (including phenoxy) is 1. The van der Waals surface area contributed by atoms with E-state index in [1.165, 1.54) is 16.2 Å². The predicted molar refractivity (Wildman–Crippen MR) is 98.3 cm³/mol. The molecule has 136 valence electrons. The number of carboxylic acid groups (broad SMARTS) is 1. The van der Waals surface area contributed by atoms with E-state index in [2.05, 4.69) is 5.32 Å². The Hall–Kier alpha value is -2.87. The maximum atomic E-state index is 12.5. The molecule has 26 heavy (non-hydrogen) atoms. The normalized spacial score (nSPS) is 13.2. The van der Waals surface area contributed by atoms with Crippen LogP contribution in [-0.4, -0.2) is 36.0 Å². The summed E-state index contributed by atoms with van der Waals surface area (Å²) in [5, 5.41) is 12.4. The molecule has 0 saturated heterocycles. The number of carboxylic acids is 1. The van der Waals surface area contributed by atoms with Crippen molar-refractivity contribution in [1.29, 1.82) is 0 Å². The molecule has 0 fully saturated rings. The summed E-state index contributed by atoms with van der Waals surface area (Å²) < 4.78 is 5.35. The Morgan fingerprint density at radius 3 is 2.77 bits per heavy atom. The number of benzene rings is 1. The number of hydrogen-bond acceptors (Lipinski definition) is 5. The van der Waals surface area contributed by atoms with Crippen LogP contribution in [0.3, 0.4) is 0 Å². The molecule has 7 nitrogen and oxygen atoms in total. The molecule has 2 aromatic rings. The number of carbonyl (C=O) groups is 3. The van der Waals surface area contributed by atoms with Crippen molar-refractivity contribution >= 4 is 39.8 Å². The van der Waals surface area contributed by atoms with E-state index in [9.17, 15) is 19.5 Å². The number of aromatic carboxylic acids is 1. The molecular weight excluding hydrogens is 356 g/mol. The largest absolute Gasteiger partial charge is 0.482 e. The Labute approximate surface area is 154 Å². The van der Waals surface area contributed by atoms with Gasteiger partial charge in [-0.3, -0.25) is 14.5 Å². The second-order valence-corrected chi connectivity index (χ2v) is 7.01. The van der Waals surface area contributed by atoms with E-state index in [0.717, 1.165) is 4.88 Å².